The van der Waals surface area contributed by atoms with Crippen molar-refractivity contribution in [3.8, 4) is 17.2 Å². The lowest BCUT2D eigenvalue weighted by molar-refractivity contribution is -0.378. The minimum absolute atomic E-state index is 0.0791. The maximum atomic E-state index is 13.8. The molecule has 0 bridgehead atoms. The van der Waals surface area contributed by atoms with E-state index in [1.807, 2.05) is 37.3 Å². The molecule has 1 saturated heterocycles. The lowest BCUT2D eigenvalue weighted by atomic mass is 9.94. The first kappa shape index (κ1) is 27.5. The Balaban J connectivity index is 1.50. The van der Waals surface area contributed by atoms with Gasteiger partial charge < -0.3 is 24.6 Å². The number of hydrogen-bond acceptors (Lipinski definition) is 6. The molecule has 1 aromatic heterocycles. The molecule has 2 heterocycles. The Hall–Kier alpha value is -5.11. The van der Waals surface area contributed by atoms with E-state index in [1.54, 1.807) is 61.8 Å². The summed E-state index contributed by atoms with van der Waals surface area (Å²) in [6, 6.07) is 21.7. The van der Waals surface area contributed by atoms with Gasteiger partial charge in [0.1, 0.15) is 12.4 Å². The van der Waals surface area contributed by atoms with Crippen molar-refractivity contribution in [3.63, 3.8) is 0 Å². The fourth-order valence-corrected chi connectivity index (χ4v) is 4.90. The maximum absolute atomic E-state index is 13.8. The number of carbonyl (C=O) groups is 2. The number of hydrogen-bond donors (Lipinski definition) is 1. The number of carbonyl (C=O) groups excluding carboxylic acids is 2. The number of H-pyrrole nitrogens is 1. The highest BCUT2D eigenvalue weighted by molar-refractivity contribution is 6.46. The van der Waals surface area contributed by atoms with Crippen molar-refractivity contribution in [3.05, 3.63) is 125 Å². The summed E-state index contributed by atoms with van der Waals surface area (Å²) in [6.07, 6.45) is 3.47. The zero-order valence-corrected chi connectivity index (χ0v) is 22.8. The monoisotopic (exact) mass is 550 g/mol. The van der Waals surface area contributed by atoms with E-state index >= 15 is 0 Å². The number of nitrogens with zero attached hydrogens (tertiary/aromatic N) is 1. The second-order valence-electron chi connectivity index (χ2n) is 9.78. The van der Waals surface area contributed by atoms with Crippen LogP contribution in [0.25, 0.3) is 5.76 Å². The molecule has 5 rings (SSSR count). The summed E-state index contributed by atoms with van der Waals surface area (Å²) in [5.41, 5.74) is 3.49. The molecule has 2 N–H and O–H groups in total. The van der Waals surface area contributed by atoms with Gasteiger partial charge in [-0.2, -0.15) is 0 Å². The van der Waals surface area contributed by atoms with Gasteiger partial charge in [0.25, 0.3) is 5.91 Å². The van der Waals surface area contributed by atoms with E-state index in [4.69, 9.17) is 9.47 Å². The molecule has 3 aromatic carbocycles. The highest BCUT2D eigenvalue weighted by Gasteiger charge is 2.44. The topological polar surface area (TPSA) is 113 Å². The van der Waals surface area contributed by atoms with Crippen molar-refractivity contribution in [1.82, 2.24) is 4.90 Å². The minimum Gasteiger partial charge on any atom is -0.872 e. The van der Waals surface area contributed by atoms with E-state index in [-0.39, 0.29) is 29.2 Å². The fourth-order valence-electron chi connectivity index (χ4n) is 4.90. The molecule has 1 aliphatic heterocycles. The van der Waals surface area contributed by atoms with E-state index in [1.165, 1.54) is 11.0 Å². The number of amides is 1. The third kappa shape index (κ3) is 5.91. The Morgan fingerprint density at radius 1 is 0.976 bits per heavy atom. The first-order chi connectivity index (χ1) is 19.9. The van der Waals surface area contributed by atoms with Gasteiger partial charge in [-0.3, -0.25) is 9.59 Å². The summed E-state index contributed by atoms with van der Waals surface area (Å²) in [5, 5.41) is 24.1. The van der Waals surface area contributed by atoms with Gasteiger partial charge in [0.05, 0.1) is 19.2 Å². The Bertz CT molecular complexity index is 1600. The number of aromatic hydroxyl groups is 1. The highest BCUT2D eigenvalue weighted by atomic mass is 16.5. The molecule has 8 heteroatoms. The van der Waals surface area contributed by atoms with Crippen LogP contribution in [0, 0.1) is 6.92 Å². The average molecular weight is 551 g/mol. The molecule has 1 fully saturated rings. The molecule has 0 radical (unpaired) electrons. The van der Waals surface area contributed by atoms with Crippen LogP contribution in [0.4, 0.5) is 0 Å². The van der Waals surface area contributed by atoms with Crippen LogP contribution in [0.1, 0.15) is 40.8 Å². The van der Waals surface area contributed by atoms with Crippen LogP contribution in [0.5, 0.6) is 17.2 Å². The number of benzene rings is 3. The van der Waals surface area contributed by atoms with Crippen molar-refractivity contribution in [2.45, 2.75) is 33.0 Å². The number of likely N-dealkylation sites (tertiary alicyclic amines) is 1. The minimum atomic E-state index is -0.972. The molecule has 0 saturated carbocycles. The average Bonchev–Trinajstić information content (AvgIpc) is 3.23. The summed E-state index contributed by atoms with van der Waals surface area (Å²) in [5.74, 6) is -1.49. The van der Waals surface area contributed by atoms with Gasteiger partial charge >= 0.3 is 0 Å². The third-order valence-corrected chi connectivity index (χ3v) is 6.86. The summed E-state index contributed by atoms with van der Waals surface area (Å²) in [6.45, 7) is 4.56. The highest BCUT2D eigenvalue weighted by Crippen LogP contribution is 2.42. The molecule has 4 aromatic rings. The largest absolute Gasteiger partial charge is 0.872 e. The van der Waals surface area contributed by atoms with Gasteiger partial charge in [0.15, 0.2) is 23.9 Å². The van der Waals surface area contributed by atoms with Crippen LogP contribution >= 0.6 is 0 Å². The third-order valence-electron chi connectivity index (χ3n) is 6.86. The molecule has 1 unspecified atom stereocenters. The van der Waals surface area contributed by atoms with Gasteiger partial charge in [0.2, 0.25) is 5.78 Å². The zero-order chi connectivity index (χ0) is 28.9. The second kappa shape index (κ2) is 12.0. The van der Waals surface area contributed by atoms with Crippen molar-refractivity contribution in [1.29, 1.82) is 0 Å². The van der Waals surface area contributed by atoms with Crippen LogP contribution in [0.3, 0.4) is 0 Å². The number of aromatic amines is 1. The molecule has 0 aliphatic carbocycles. The predicted molar refractivity (Wildman–Crippen MR) is 149 cm³/mol. The molecule has 8 nitrogen and oxygen atoms in total. The standard InChI is InChI=1S/C33H30N2O6/c1-3-40-28-17-25(11-14-27(28)36)30-29(32(38)33(39)35(30)19-23-8-5-15-34-18-23)31(37)24-9-12-26(13-10-24)41-20-22-7-4-6-21(2)16-22/h4-18,30,36-37H,3,19-20H2,1-2H3. The molecule has 0 spiro atoms. The molecule has 1 aliphatic rings. The summed E-state index contributed by atoms with van der Waals surface area (Å²) >= 11 is 0. The molecule has 1 amide bonds. The number of nitrogens with one attached hydrogen (secondary N) is 1. The Morgan fingerprint density at radius 2 is 1.76 bits per heavy atom. The van der Waals surface area contributed by atoms with Crippen molar-refractivity contribution >= 4 is 17.4 Å². The summed E-state index contributed by atoms with van der Waals surface area (Å²) in [7, 11) is 0. The van der Waals surface area contributed by atoms with Crippen LogP contribution in [0.15, 0.2) is 96.8 Å². The Labute approximate surface area is 238 Å². The molecular weight excluding hydrogens is 520 g/mol. The lowest BCUT2D eigenvalue weighted by Crippen LogP contribution is -2.29. The maximum Gasteiger partial charge on any atom is 0.295 e. The molecular formula is C33H30N2O6. The number of ether oxygens (including phenoxy) is 2. The predicted octanol–water partition coefficient (Wildman–Crippen LogP) is 3.92. The first-order valence-electron chi connectivity index (χ1n) is 13.3. The van der Waals surface area contributed by atoms with Gasteiger partial charge in [-0.05, 0) is 60.9 Å². The van der Waals surface area contributed by atoms with Gasteiger partial charge in [-0.1, -0.05) is 53.8 Å². The van der Waals surface area contributed by atoms with Crippen molar-refractivity contribution < 1.29 is 34.3 Å². The molecule has 41 heavy (non-hydrogen) atoms. The number of Topliss-reactive ketones (excluding diaryl/α,β-unsaturated/α-hetero) is 1. The number of aromatic nitrogens is 1. The van der Waals surface area contributed by atoms with E-state index in [2.05, 4.69) is 4.98 Å². The smallest absolute Gasteiger partial charge is 0.295 e. The molecule has 208 valence electrons. The number of rotatable bonds is 9. The van der Waals surface area contributed by atoms with Crippen molar-refractivity contribution in [2.24, 2.45) is 0 Å². The number of pyridine rings is 1. The van der Waals surface area contributed by atoms with Gasteiger partial charge in [-0.15, -0.1) is 0 Å². The molecule has 1 atom stereocenters. The van der Waals surface area contributed by atoms with E-state index in [0.29, 0.717) is 24.5 Å². The fraction of sp³-hybridized carbons (Fsp3) is 0.182. The van der Waals surface area contributed by atoms with Crippen LogP contribution in [0.2, 0.25) is 0 Å². The lowest BCUT2D eigenvalue weighted by Gasteiger charge is -2.27. The van der Waals surface area contributed by atoms with Crippen LogP contribution < -0.4 is 19.6 Å². The SMILES string of the molecule is CCOc1cc(C2C(=C([O-])c3ccc(OCc4cccc(C)c4)cc3)C(=O)C(=O)N2Cc2ccc[nH+]c2)ccc1O. The van der Waals surface area contributed by atoms with Gasteiger partial charge in [0, 0.05) is 17.2 Å². The number of phenolic OH excluding ortho intramolecular Hbond substituents is 1. The normalized spacial score (nSPS) is 16.1. The number of phenols is 1. The summed E-state index contributed by atoms with van der Waals surface area (Å²) < 4.78 is 11.4. The number of aryl methyl sites for hydroxylation is 1. The second-order valence-corrected chi connectivity index (χ2v) is 9.78. The van der Waals surface area contributed by atoms with E-state index in [9.17, 15) is 19.8 Å². The van der Waals surface area contributed by atoms with E-state index in [0.717, 1.165) is 16.7 Å². The van der Waals surface area contributed by atoms with Gasteiger partial charge in [-0.25, -0.2) is 4.98 Å². The zero-order valence-electron chi connectivity index (χ0n) is 22.8. The first-order valence-corrected chi connectivity index (χ1v) is 13.3. The Morgan fingerprint density at radius 3 is 2.46 bits per heavy atom. The quantitative estimate of drug-likeness (QED) is 0.192. The van der Waals surface area contributed by atoms with Crippen LogP contribution in [-0.2, 0) is 22.7 Å². The van der Waals surface area contributed by atoms with Crippen LogP contribution in [-0.4, -0.2) is 28.3 Å². The van der Waals surface area contributed by atoms with E-state index < -0.39 is 23.5 Å². The summed E-state index contributed by atoms with van der Waals surface area (Å²) in [4.78, 5) is 31.0. The van der Waals surface area contributed by atoms with Crippen molar-refractivity contribution in [2.75, 3.05) is 6.61 Å². The number of ketones is 1. The Kier molecular flexibility index (Phi) is 8.01.